The number of nitrogens with zero attached hydrogens (tertiary/aromatic N) is 4. The SMILES string of the molecule is O=C(CSc1ncn(-c2ccccc2)n1)N1CCCC1. The molecule has 1 saturated heterocycles. The number of thioether (sulfide) groups is 1. The van der Waals surface area contributed by atoms with E-state index in [1.54, 1.807) is 11.0 Å². The normalized spacial score (nSPS) is 14.7. The molecule has 104 valence electrons. The zero-order valence-electron chi connectivity index (χ0n) is 11.1. The van der Waals surface area contributed by atoms with Crippen LogP contribution in [0.25, 0.3) is 5.69 Å². The van der Waals surface area contributed by atoms with Crippen LogP contribution in [-0.2, 0) is 4.79 Å². The quantitative estimate of drug-likeness (QED) is 0.807. The number of hydrogen-bond acceptors (Lipinski definition) is 4. The van der Waals surface area contributed by atoms with Crippen LogP contribution in [-0.4, -0.2) is 44.4 Å². The van der Waals surface area contributed by atoms with Gasteiger partial charge in [0.15, 0.2) is 0 Å². The van der Waals surface area contributed by atoms with E-state index in [0.29, 0.717) is 10.9 Å². The van der Waals surface area contributed by atoms with E-state index in [0.717, 1.165) is 31.6 Å². The highest BCUT2D eigenvalue weighted by Crippen LogP contribution is 2.16. The van der Waals surface area contributed by atoms with Crippen molar-refractivity contribution in [3.8, 4) is 5.69 Å². The van der Waals surface area contributed by atoms with Crippen molar-refractivity contribution in [2.45, 2.75) is 18.0 Å². The van der Waals surface area contributed by atoms with E-state index < -0.39 is 0 Å². The van der Waals surface area contributed by atoms with Gasteiger partial charge < -0.3 is 4.90 Å². The maximum Gasteiger partial charge on any atom is 0.233 e. The molecule has 0 radical (unpaired) electrons. The predicted molar refractivity (Wildman–Crippen MR) is 77.9 cm³/mol. The molecule has 0 unspecified atom stereocenters. The predicted octanol–water partition coefficient (Wildman–Crippen LogP) is 1.98. The van der Waals surface area contributed by atoms with Gasteiger partial charge in [0.2, 0.25) is 11.1 Å². The molecule has 2 heterocycles. The van der Waals surface area contributed by atoms with Crippen molar-refractivity contribution in [3.63, 3.8) is 0 Å². The van der Waals surface area contributed by atoms with Crippen molar-refractivity contribution in [1.82, 2.24) is 19.7 Å². The lowest BCUT2D eigenvalue weighted by Crippen LogP contribution is -2.29. The maximum absolute atomic E-state index is 11.9. The zero-order valence-corrected chi connectivity index (χ0v) is 11.9. The zero-order chi connectivity index (χ0) is 13.8. The lowest BCUT2D eigenvalue weighted by Gasteiger charge is -2.13. The highest BCUT2D eigenvalue weighted by molar-refractivity contribution is 7.99. The summed E-state index contributed by atoms with van der Waals surface area (Å²) in [6.07, 6.45) is 3.92. The molecule has 1 amide bonds. The van der Waals surface area contributed by atoms with Crippen LogP contribution in [0, 0.1) is 0 Å². The van der Waals surface area contributed by atoms with E-state index in [1.807, 2.05) is 35.2 Å². The Labute approximate surface area is 122 Å². The van der Waals surface area contributed by atoms with E-state index >= 15 is 0 Å². The molecule has 1 fully saturated rings. The summed E-state index contributed by atoms with van der Waals surface area (Å²) < 4.78 is 1.72. The summed E-state index contributed by atoms with van der Waals surface area (Å²) in [5, 5.41) is 5.02. The smallest absolute Gasteiger partial charge is 0.233 e. The summed E-state index contributed by atoms with van der Waals surface area (Å²) >= 11 is 1.40. The van der Waals surface area contributed by atoms with Crippen molar-refractivity contribution >= 4 is 17.7 Å². The molecule has 6 heteroatoms. The minimum Gasteiger partial charge on any atom is -0.342 e. The molecular weight excluding hydrogens is 272 g/mol. The van der Waals surface area contributed by atoms with Gasteiger partial charge in [0, 0.05) is 13.1 Å². The molecule has 0 atom stereocenters. The van der Waals surface area contributed by atoms with Crippen LogP contribution in [0.1, 0.15) is 12.8 Å². The molecule has 3 rings (SSSR count). The van der Waals surface area contributed by atoms with Gasteiger partial charge >= 0.3 is 0 Å². The van der Waals surface area contributed by atoms with Gasteiger partial charge in [-0.2, -0.15) is 0 Å². The summed E-state index contributed by atoms with van der Waals surface area (Å²) in [5.74, 6) is 0.599. The third-order valence-electron chi connectivity index (χ3n) is 3.28. The molecule has 0 bridgehead atoms. The summed E-state index contributed by atoms with van der Waals surface area (Å²) in [4.78, 5) is 18.1. The van der Waals surface area contributed by atoms with E-state index in [1.165, 1.54) is 11.8 Å². The Bertz CT molecular complexity index is 578. The molecule has 1 aliphatic rings. The van der Waals surface area contributed by atoms with Crippen molar-refractivity contribution in [2.24, 2.45) is 0 Å². The second-order valence-corrected chi connectivity index (χ2v) is 5.63. The van der Waals surface area contributed by atoms with Gasteiger partial charge in [-0.25, -0.2) is 9.67 Å². The number of likely N-dealkylation sites (tertiary alicyclic amines) is 1. The Kier molecular flexibility index (Phi) is 4.01. The topological polar surface area (TPSA) is 51.0 Å². The Balaban J connectivity index is 1.59. The standard InChI is InChI=1S/C14H16N4OS/c19-13(17-8-4-5-9-17)10-20-14-15-11-18(16-14)12-6-2-1-3-7-12/h1-3,6-7,11H,4-5,8-10H2. The minimum atomic E-state index is 0.184. The van der Waals surface area contributed by atoms with Crippen molar-refractivity contribution in [1.29, 1.82) is 0 Å². The van der Waals surface area contributed by atoms with Crippen molar-refractivity contribution < 1.29 is 4.79 Å². The summed E-state index contributed by atoms with van der Waals surface area (Å²) in [6.45, 7) is 1.79. The number of hydrogen-bond donors (Lipinski definition) is 0. The highest BCUT2D eigenvalue weighted by Gasteiger charge is 2.18. The number of rotatable bonds is 4. The van der Waals surface area contributed by atoms with Gasteiger partial charge in [-0.05, 0) is 25.0 Å². The molecule has 0 aliphatic carbocycles. The first-order chi connectivity index (χ1) is 9.83. The van der Waals surface area contributed by atoms with Crippen LogP contribution in [0.2, 0.25) is 0 Å². The van der Waals surface area contributed by atoms with Crippen LogP contribution in [0.5, 0.6) is 0 Å². The molecule has 1 aromatic heterocycles. The van der Waals surface area contributed by atoms with E-state index in [2.05, 4.69) is 10.1 Å². The minimum absolute atomic E-state index is 0.184. The van der Waals surface area contributed by atoms with E-state index in [4.69, 9.17) is 0 Å². The average Bonchev–Trinajstić information content (AvgIpc) is 3.17. The van der Waals surface area contributed by atoms with Crippen LogP contribution in [0.4, 0.5) is 0 Å². The number of carbonyl (C=O) groups excluding carboxylic acids is 1. The number of benzene rings is 1. The molecule has 5 nitrogen and oxygen atoms in total. The van der Waals surface area contributed by atoms with Gasteiger partial charge in [-0.15, -0.1) is 5.10 Å². The Morgan fingerprint density at radius 1 is 1.20 bits per heavy atom. The Hall–Kier alpha value is -1.82. The fraction of sp³-hybridized carbons (Fsp3) is 0.357. The second-order valence-electron chi connectivity index (χ2n) is 4.68. The van der Waals surface area contributed by atoms with Crippen LogP contribution >= 0.6 is 11.8 Å². The van der Waals surface area contributed by atoms with Gasteiger partial charge in [0.25, 0.3) is 0 Å². The molecule has 0 saturated carbocycles. The molecule has 20 heavy (non-hydrogen) atoms. The number of carbonyl (C=O) groups is 1. The van der Waals surface area contributed by atoms with Crippen LogP contribution in [0.15, 0.2) is 41.8 Å². The summed E-state index contributed by atoms with van der Waals surface area (Å²) in [7, 11) is 0. The fourth-order valence-electron chi connectivity index (χ4n) is 2.20. The molecule has 0 spiro atoms. The largest absolute Gasteiger partial charge is 0.342 e. The van der Waals surface area contributed by atoms with Crippen molar-refractivity contribution in [3.05, 3.63) is 36.7 Å². The fourth-order valence-corrected chi connectivity index (χ4v) is 2.91. The Morgan fingerprint density at radius 3 is 2.70 bits per heavy atom. The van der Waals surface area contributed by atoms with Gasteiger partial charge in [0.1, 0.15) is 6.33 Å². The lowest BCUT2D eigenvalue weighted by molar-refractivity contribution is -0.127. The number of aromatic nitrogens is 3. The average molecular weight is 288 g/mol. The van der Waals surface area contributed by atoms with Gasteiger partial charge in [0.05, 0.1) is 11.4 Å². The number of amides is 1. The van der Waals surface area contributed by atoms with Gasteiger partial charge in [-0.3, -0.25) is 4.79 Å². The van der Waals surface area contributed by atoms with E-state index in [-0.39, 0.29) is 5.91 Å². The van der Waals surface area contributed by atoms with Crippen LogP contribution in [0.3, 0.4) is 0 Å². The summed E-state index contributed by atoms with van der Waals surface area (Å²) in [5.41, 5.74) is 0.970. The third-order valence-corrected chi connectivity index (χ3v) is 4.11. The molecule has 1 aromatic carbocycles. The van der Waals surface area contributed by atoms with Crippen LogP contribution < -0.4 is 0 Å². The highest BCUT2D eigenvalue weighted by atomic mass is 32.2. The Morgan fingerprint density at radius 2 is 1.95 bits per heavy atom. The number of para-hydroxylation sites is 1. The van der Waals surface area contributed by atoms with Crippen molar-refractivity contribution in [2.75, 3.05) is 18.8 Å². The molecule has 2 aromatic rings. The first-order valence-corrected chi connectivity index (χ1v) is 7.69. The maximum atomic E-state index is 11.9. The molecular formula is C14H16N4OS. The van der Waals surface area contributed by atoms with E-state index in [9.17, 15) is 4.79 Å². The second kappa shape index (κ2) is 6.09. The monoisotopic (exact) mass is 288 g/mol. The van der Waals surface area contributed by atoms with Gasteiger partial charge in [-0.1, -0.05) is 30.0 Å². The summed E-state index contributed by atoms with van der Waals surface area (Å²) in [6, 6.07) is 9.82. The lowest BCUT2D eigenvalue weighted by atomic mass is 10.3. The third kappa shape index (κ3) is 3.01. The first-order valence-electron chi connectivity index (χ1n) is 6.70. The molecule has 0 N–H and O–H groups in total. The first kappa shape index (κ1) is 13.2. The molecule has 1 aliphatic heterocycles.